The van der Waals surface area contributed by atoms with Gasteiger partial charge >= 0.3 is 11.3 Å². The standard InChI is InChI=1S/C24H13N3O4S/c25-11-16(12-26-17-6-7-21-15(9-17)5-8-22(28)30-21)23-27-19(13-32-23)18-10-14-3-1-2-4-20(14)31-24(18)29/h1-10,12-13,26H. The Bertz CT molecular complexity index is 1670. The smallest absolute Gasteiger partial charge is 0.345 e. The van der Waals surface area contributed by atoms with Crippen LogP contribution in [0.4, 0.5) is 5.69 Å². The highest BCUT2D eigenvalue weighted by atomic mass is 32.1. The molecule has 3 aromatic heterocycles. The number of aromatic nitrogens is 1. The summed E-state index contributed by atoms with van der Waals surface area (Å²) in [4.78, 5) is 28.2. The van der Waals surface area contributed by atoms with E-state index in [4.69, 9.17) is 8.83 Å². The first kappa shape index (κ1) is 19.5. The topological polar surface area (TPSA) is 109 Å². The maximum atomic E-state index is 12.4. The Morgan fingerprint density at radius 3 is 2.69 bits per heavy atom. The van der Waals surface area contributed by atoms with Crippen LogP contribution in [0.25, 0.3) is 38.8 Å². The van der Waals surface area contributed by atoms with E-state index in [2.05, 4.69) is 16.4 Å². The molecular weight excluding hydrogens is 426 g/mol. The third kappa shape index (κ3) is 3.69. The molecule has 0 aliphatic carbocycles. The summed E-state index contributed by atoms with van der Waals surface area (Å²) in [5, 5.41) is 16.4. The van der Waals surface area contributed by atoms with Gasteiger partial charge in [-0.1, -0.05) is 18.2 Å². The lowest BCUT2D eigenvalue weighted by Crippen LogP contribution is -2.02. The van der Waals surface area contributed by atoms with E-state index < -0.39 is 11.3 Å². The van der Waals surface area contributed by atoms with Gasteiger partial charge in [-0.05, 0) is 36.4 Å². The number of rotatable bonds is 4. The van der Waals surface area contributed by atoms with Crippen LogP contribution in [0.1, 0.15) is 5.01 Å². The number of hydrogen-bond acceptors (Lipinski definition) is 8. The van der Waals surface area contributed by atoms with Crippen LogP contribution < -0.4 is 16.6 Å². The molecule has 7 nitrogen and oxygen atoms in total. The molecule has 0 saturated carbocycles. The Morgan fingerprint density at radius 1 is 1.00 bits per heavy atom. The fourth-order valence-electron chi connectivity index (χ4n) is 3.22. The SMILES string of the molecule is N#CC(=CNc1ccc2oc(=O)ccc2c1)c1nc(-c2cc3ccccc3oc2=O)cs1. The minimum absolute atomic E-state index is 0.311. The quantitative estimate of drug-likeness (QED) is 0.310. The number of nitrogens with zero attached hydrogens (tertiary/aromatic N) is 2. The second kappa shape index (κ2) is 7.98. The van der Waals surface area contributed by atoms with Crippen LogP contribution >= 0.6 is 11.3 Å². The summed E-state index contributed by atoms with van der Waals surface area (Å²) in [7, 11) is 0. The van der Waals surface area contributed by atoms with Gasteiger partial charge in [0.15, 0.2) is 0 Å². The molecule has 5 rings (SSSR count). The molecule has 0 radical (unpaired) electrons. The molecule has 0 unspecified atom stereocenters. The zero-order valence-corrected chi connectivity index (χ0v) is 17.2. The Hall–Kier alpha value is -4.48. The Morgan fingerprint density at radius 2 is 1.81 bits per heavy atom. The van der Waals surface area contributed by atoms with E-state index in [0.29, 0.717) is 38.7 Å². The third-order valence-corrected chi connectivity index (χ3v) is 5.65. The normalized spacial score (nSPS) is 11.5. The van der Waals surface area contributed by atoms with Crippen molar-refractivity contribution in [3.8, 4) is 17.3 Å². The molecule has 3 heterocycles. The maximum absolute atomic E-state index is 12.4. The molecule has 0 saturated heterocycles. The number of nitriles is 1. The van der Waals surface area contributed by atoms with Gasteiger partial charge in [0.05, 0.1) is 11.3 Å². The van der Waals surface area contributed by atoms with Crippen molar-refractivity contribution in [3.05, 3.63) is 98.1 Å². The molecule has 5 aromatic rings. The first-order valence-corrected chi connectivity index (χ1v) is 10.4. The van der Waals surface area contributed by atoms with Crippen molar-refractivity contribution < 1.29 is 8.83 Å². The van der Waals surface area contributed by atoms with Crippen molar-refractivity contribution >= 4 is 44.5 Å². The molecule has 0 spiro atoms. The molecule has 1 N–H and O–H groups in total. The molecule has 8 heteroatoms. The van der Waals surface area contributed by atoms with Crippen molar-refractivity contribution in [1.29, 1.82) is 5.26 Å². The fourth-order valence-corrected chi connectivity index (χ4v) is 4.01. The Kier molecular flexibility index (Phi) is 4.86. The summed E-state index contributed by atoms with van der Waals surface area (Å²) in [5.74, 6) is 0. The number of thiazole rings is 1. The molecule has 0 amide bonds. The lowest BCUT2D eigenvalue weighted by atomic mass is 10.1. The number of allylic oxidation sites excluding steroid dienone is 1. The maximum Gasteiger partial charge on any atom is 0.345 e. The highest BCUT2D eigenvalue weighted by molar-refractivity contribution is 7.11. The molecule has 0 aliphatic rings. The molecular formula is C24H13N3O4S. The summed E-state index contributed by atoms with van der Waals surface area (Å²) < 4.78 is 10.5. The number of anilines is 1. The summed E-state index contributed by atoms with van der Waals surface area (Å²) in [6, 6.07) is 19.4. The first-order valence-electron chi connectivity index (χ1n) is 9.50. The van der Waals surface area contributed by atoms with Crippen molar-refractivity contribution in [2.75, 3.05) is 5.32 Å². The second-order valence-electron chi connectivity index (χ2n) is 6.84. The van der Waals surface area contributed by atoms with Crippen LogP contribution in [0.3, 0.4) is 0 Å². The van der Waals surface area contributed by atoms with Gasteiger partial charge < -0.3 is 14.2 Å². The van der Waals surface area contributed by atoms with E-state index in [0.717, 1.165) is 10.8 Å². The zero-order valence-electron chi connectivity index (χ0n) is 16.4. The zero-order chi connectivity index (χ0) is 22.1. The lowest BCUT2D eigenvalue weighted by molar-refractivity contribution is 0.561. The van der Waals surface area contributed by atoms with Crippen LogP contribution in [-0.2, 0) is 0 Å². The van der Waals surface area contributed by atoms with Crippen molar-refractivity contribution in [3.63, 3.8) is 0 Å². The predicted octanol–water partition coefficient (Wildman–Crippen LogP) is 5.00. The van der Waals surface area contributed by atoms with Gasteiger partial charge in [-0.3, -0.25) is 0 Å². The minimum atomic E-state index is -0.482. The van der Waals surface area contributed by atoms with E-state index in [1.54, 1.807) is 54.0 Å². The van der Waals surface area contributed by atoms with Gasteiger partial charge in [0.25, 0.3) is 0 Å². The highest BCUT2D eigenvalue weighted by Crippen LogP contribution is 2.26. The number of fused-ring (bicyclic) bond motifs is 2. The van der Waals surface area contributed by atoms with Crippen LogP contribution in [0.2, 0.25) is 0 Å². The van der Waals surface area contributed by atoms with Gasteiger partial charge in [-0.15, -0.1) is 11.3 Å². The molecule has 32 heavy (non-hydrogen) atoms. The van der Waals surface area contributed by atoms with Crippen LogP contribution in [-0.4, -0.2) is 4.98 Å². The van der Waals surface area contributed by atoms with Gasteiger partial charge in [0.1, 0.15) is 27.8 Å². The number of para-hydroxylation sites is 1. The molecule has 0 aliphatic heterocycles. The summed E-state index contributed by atoms with van der Waals surface area (Å²) in [6.07, 6.45) is 1.55. The van der Waals surface area contributed by atoms with E-state index in [9.17, 15) is 14.9 Å². The minimum Gasteiger partial charge on any atom is -0.423 e. The molecule has 0 bridgehead atoms. The van der Waals surface area contributed by atoms with Crippen molar-refractivity contribution in [2.24, 2.45) is 0 Å². The third-order valence-electron chi connectivity index (χ3n) is 4.77. The van der Waals surface area contributed by atoms with Gasteiger partial charge in [-0.25, -0.2) is 14.6 Å². The first-order chi connectivity index (χ1) is 15.6. The van der Waals surface area contributed by atoms with Crippen molar-refractivity contribution in [2.45, 2.75) is 0 Å². The fraction of sp³-hybridized carbons (Fsp3) is 0. The van der Waals surface area contributed by atoms with Crippen LogP contribution in [0.5, 0.6) is 0 Å². The van der Waals surface area contributed by atoms with E-state index in [-0.39, 0.29) is 0 Å². The van der Waals surface area contributed by atoms with E-state index in [1.165, 1.54) is 17.4 Å². The largest absolute Gasteiger partial charge is 0.423 e. The number of hydrogen-bond donors (Lipinski definition) is 1. The van der Waals surface area contributed by atoms with E-state index >= 15 is 0 Å². The summed E-state index contributed by atoms with van der Waals surface area (Å²) in [6.45, 7) is 0. The average molecular weight is 439 g/mol. The van der Waals surface area contributed by atoms with Gasteiger partial charge in [0, 0.05) is 34.1 Å². The van der Waals surface area contributed by atoms with Gasteiger partial charge in [-0.2, -0.15) is 5.26 Å². The molecule has 2 aromatic carbocycles. The van der Waals surface area contributed by atoms with E-state index in [1.807, 2.05) is 12.1 Å². The van der Waals surface area contributed by atoms with Crippen LogP contribution in [0, 0.1) is 11.3 Å². The predicted molar refractivity (Wildman–Crippen MR) is 123 cm³/mol. The lowest BCUT2D eigenvalue weighted by Gasteiger charge is -2.03. The monoisotopic (exact) mass is 439 g/mol. The summed E-state index contributed by atoms with van der Waals surface area (Å²) in [5.41, 5.74) is 1.91. The second-order valence-corrected chi connectivity index (χ2v) is 7.70. The van der Waals surface area contributed by atoms with Gasteiger partial charge in [0.2, 0.25) is 0 Å². The average Bonchev–Trinajstić information content (AvgIpc) is 3.29. The number of benzene rings is 2. The summed E-state index contributed by atoms with van der Waals surface area (Å²) >= 11 is 1.26. The number of nitrogens with one attached hydrogen (secondary N) is 1. The molecule has 154 valence electrons. The molecule has 0 atom stereocenters. The van der Waals surface area contributed by atoms with Crippen molar-refractivity contribution in [1.82, 2.24) is 4.98 Å². The Labute approximate surface area is 184 Å². The Balaban J connectivity index is 1.45. The van der Waals surface area contributed by atoms with Crippen LogP contribution in [0.15, 0.2) is 90.7 Å². The molecule has 0 fully saturated rings. The highest BCUT2D eigenvalue weighted by Gasteiger charge is 2.13.